The second-order valence-corrected chi connectivity index (χ2v) is 8.85. The molecule has 1 aromatic carbocycles. The lowest BCUT2D eigenvalue weighted by Gasteiger charge is -2.37. The standard InChI is InChI=1S/C23H29FN2O2/c1-15-12-16(2)14-25(13-15)21-20(17-8-10-18(24)11-9-17)22(27)26(23(21)28)19-6-4-3-5-7-19/h8-11,15-16,19H,3-7,12-14H2,1-2H3. The first kappa shape index (κ1) is 19.2. The lowest BCUT2D eigenvalue weighted by atomic mass is 9.91. The number of nitrogens with zero attached hydrogens (tertiary/aromatic N) is 2. The quantitative estimate of drug-likeness (QED) is 0.733. The molecule has 150 valence electrons. The van der Waals surface area contributed by atoms with Crippen LogP contribution < -0.4 is 0 Å². The van der Waals surface area contributed by atoms with Crippen molar-refractivity contribution in [3.05, 3.63) is 41.3 Å². The number of hydrogen-bond donors (Lipinski definition) is 0. The van der Waals surface area contributed by atoms with Crippen molar-refractivity contribution >= 4 is 17.4 Å². The summed E-state index contributed by atoms with van der Waals surface area (Å²) in [6.07, 6.45) is 6.17. The molecule has 1 saturated carbocycles. The Morgan fingerprint density at radius 1 is 0.893 bits per heavy atom. The highest BCUT2D eigenvalue weighted by Crippen LogP contribution is 2.38. The van der Waals surface area contributed by atoms with E-state index in [1.807, 2.05) is 0 Å². The largest absolute Gasteiger partial charge is 0.366 e. The fourth-order valence-electron chi connectivity index (χ4n) is 5.22. The van der Waals surface area contributed by atoms with Crippen molar-refractivity contribution in [1.29, 1.82) is 0 Å². The monoisotopic (exact) mass is 384 g/mol. The minimum atomic E-state index is -0.341. The summed E-state index contributed by atoms with van der Waals surface area (Å²) < 4.78 is 13.5. The van der Waals surface area contributed by atoms with E-state index in [9.17, 15) is 14.0 Å². The zero-order valence-electron chi connectivity index (χ0n) is 16.8. The number of carbonyl (C=O) groups excluding carboxylic acids is 2. The number of amides is 2. The van der Waals surface area contributed by atoms with E-state index in [4.69, 9.17) is 0 Å². The highest BCUT2D eigenvalue weighted by molar-refractivity contribution is 6.35. The zero-order valence-corrected chi connectivity index (χ0v) is 16.8. The van der Waals surface area contributed by atoms with Crippen LogP contribution in [0.25, 0.3) is 5.57 Å². The van der Waals surface area contributed by atoms with Crippen molar-refractivity contribution in [2.45, 2.75) is 58.4 Å². The van der Waals surface area contributed by atoms with E-state index in [0.29, 0.717) is 28.7 Å². The van der Waals surface area contributed by atoms with Gasteiger partial charge >= 0.3 is 0 Å². The Bertz CT molecular complexity index is 785. The lowest BCUT2D eigenvalue weighted by molar-refractivity contribution is -0.141. The maximum atomic E-state index is 13.5. The van der Waals surface area contributed by atoms with Gasteiger partial charge in [-0.1, -0.05) is 45.2 Å². The predicted molar refractivity (Wildman–Crippen MR) is 107 cm³/mol. The van der Waals surface area contributed by atoms with Gasteiger partial charge in [-0.05, 0) is 48.8 Å². The Hall–Kier alpha value is -2.17. The van der Waals surface area contributed by atoms with E-state index in [-0.39, 0.29) is 23.7 Å². The molecule has 0 N–H and O–H groups in total. The summed E-state index contributed by atoms with van der Waals surface area (Å²) in [5, 5.41) is 0. The topological polar surface area (TPSA) is 40.6 Å². The molecule has 2 fully saturated rings. The molecule has 0 aromatic heterocycles. The smallest absolute Gasteiger partial charge is 0.278 e. The van der Waals surface area contributed by atoms with Crippen LogP contribution in [0.1, 0.15) is 57.9 Å². The van der Waals surface area contributed by atoms with Gasteiger partial charge in [0.2, 0.25) is 0 Å². The van der Waals surface area contributed by atoms with Crippen molar-refractivity contribution in [1.82, 2.24) is 9.80 Å². The molecule has 2 aliphatic heterocycles. The van der Waals surface area contributed by atoms with Gasteiger partial charge in [-0.25, -0.2) is 4.39 Å². The van der Waals surface area contributed by atoms with Crippen LogP contribution in [-0.2, 0) is 9.59 Å². The third kappa shape index (κ3) is 3.47. The van der Waals surface area contributed by atoms with E-state index in [1.165, 1.54) is 23.5 Å². The fourth-order valence-corrected chi connectivity index (χ4v) is 5.22. The highest BCUT2D eigenvalue weighted by Gasteiger charge is 2.45. The molecule has 0 spiro atoms. The fraction of sp³-hybridized carbons (Fsp3) is 0.565. The third-order valence-electron chi connectivity index (χ3n) is 6.35. The average molecular weight is 384 g/mol. The molecule has 4 nitrogen and oxygen atoms in total. The van der Waals surface area contributed by atoms with Gasteiger partial charge in [0.05, 0.1) is 5.57 Å². The summed E-state index contributed by atoms with van der Waals surface area (Å²) in [6.45, 7) is 5.95. The first-order chi connectivity index (χ1) is 13.5. The van der Waals surface area contributed by atoms with Crippen molar-refractivity contribution in [3.63, 3.8) is 0 Å². The Morgan fingerprint density at radius 2 is 1.50 bits per heavy atom. The number of benzene rings is 1. The summed E-state index contributed by atoms with van der Waals surface area (Å²) >= 11 is 0. The van der Waals surface area contributed by atoms with Crippen LogP contribution in [0.3, 0.4) is 0 Å². The maximum Gasteiger partial charge on any atom is 0.278 e. The normalized spacial score (nSPS) is 27.1. The predicted octanol–water partition coefficient (Wildman–Crippen LogP) is 4.22. The molecule has 1 saturated heterocycles. The van der Waals surface area contributed by atoms with Crippen LogP contribution in [0.5, 0.6) is 0 Å². The molecule has 2 amide bonds. The van der Waals surface area contributed by atoms with Gasteiger partial charge in [0.25, 0.3) is 11.8 Å². The van der Waals surface area contributed by atoms with Crippen molar-refractivity contribution in [3.8, 4) is 0 Å². The lowest BCUT2D eigenvalue weighted by Crippen LogP contribution is -2.45. The molecule has 1 aliphatic carbocycles. The second-order valence-electron chi connectivity index (χ2n) is 8.85. The number of halogens is 1. The molecule has 2 atom stereocenters. The zero-order chi connectivity index (χ0) is 19.8. The molecule has 0 bridgehead atoms. The molecule has 28 heavy (non-hydrogen) atoms. The number of hydrogen-bond acceptors (Lipinski definition) is 3. The number of carbonyl (C=O) groups is 2. The van der Waals surface area contributed by atoms with Crippen LogP contribution in [0.4, 0.5) is 4.39 Å². The maximum absolute atomic E-state index is 13.5. The van der Waals surface area contributed by atoms with Crippen molar-refractivity contribution < 1.29 is 14.0 Å². The summed E-state index contributed by atoms with van der Waals surface area (Å²) in [5.41, 5.74) is 1.62. The number of rotatable bonds is 3. The molecule has 1 aromatic rings. The summed E-state index contributed by atoms with van der Waals surface area (Å²) in [6, 6.07) is 5.96. The van der Waals surface area contributed by atoms with E-state index < -0.39 is 0 Å². The average Bonchev–Trinajstić information content (AvgIpc) is 2.93. The molecule has 2 unspecified atom stereocenters. The molecule has 3 aliphatic rings. The van der Waals surface area contributed by atoms with E-state index in [2.05, 4.69) is 18.7 Å². The van der Waals surface area contributed by atoms with Gasteiger partial charge in [-0.3, -0.25) is 14.5 Å². The van der Waals surface area contributed by atoms with E-state index in [0.717, 1.165) is 45.2 Å². The minimum Gasteiger partial charge on any atom is -0.366 e. The molecule has 0 radical (unpaired) electrons. The summed E-state index contributed by atoms with van der Waals surface area (Å²) in [7, 11) is 0. The number of imide groups is 1. The van der Waals surface area contributed by atoms with Crippen LogP contribution in [0.15, 0.2) is 30.0 Å². The first-order valence-electron chi connectivity index (χ1n) is 10.6. The Kier molecular flexibility index (Phi) is 5.26. The summed E-state index contributed by atoms with van der Waals surface area (Å²) in [5.74, 6) is 0.239. The van der Waals surface area contributed by atoms with Gasteiger partial charge < -0.3 is 4.90 Å². The van der Waals surface area contributed by atoms with E-state index >= 15 is 0 Å². The van der Waals surface area contributed by atoms with Crippen molar-refractivity contribution in [2.75, 3.05) is 13.1 Å². The highest BCUT2D eigenvalue weighted by atomic mass is 19.1. The van der Waals surface area contributed by atoms with Gasteiger partial charge in [0, 0.05) is 19.1 Å². The molecule has 4 rings (SSSR count). The van der Waals surface area contributed by atoms with Crippen LogP contribution in [0.2, 0.25) is 0 Å². The van der Waals surface area contributed by atoms with Crippen molar-refractivity contribution in [2.24, 2.45) is 11.8 Å². The molecular weight excluding hydrogens is 355 g/mol. The Morgan fingerprint density at radius 3 is 2.11 bits per heavy atom. The first-order valence-corrected chi connectivity index (χ1v) is 10.6. The second kappa shape index (κ2) is 7.69. The SMILES string of the molecule is CC1CC(C)CN(C2=C(c3ccc(F)cc3)C(=O)N(C3CCCCC3)C2=O)C1. The molecule has 5 heteroatoms. The minimum absolute atomic E-state index is 0.0127. The van der Waals surface area contributed by atoms with Gasteiger partial charge in [0.15, 0.2) is 0 Å². The molecule has 2 heterocycles. The molecular formula is C23H29FN2O2. The van der Waals surface area contributed by atoms with Crippen LogP contribution in [0, 0.1) is 17.7 Å². The van der Waals surface area contributed by atoms with Crippen LogP contribution >= 0.6 is 0 Å². The number of piperidine rings is 1. The number of likely N-dealkylation sites (tertiary alicyclic amines) is 1. The third-order valence-corrected chi connectivity index (χ3v) is 6.35. The Labute approximate surface area is 166 Å². The summed E-state index contributed by atoms with van der Waals surface area (Å²) in [4.78, 5) is 30.6. The van der Waals surface area contributed by atoms with Gasteiger partial charge in [-0.2, -0.15) is 0 Å². The van der Waals surface area contributed by atoms with E-state index in [1.54, 1.807) is 12.1 Å². The Balaban J connectivity index is 1.76. The van der Waals surface area contributed by atoms with Crippen LogP contribution in [-0.4, -0.2) is 40.7 Å². The van der Waals surface area contributed by atoms with Gasteiger partial charge in [0.1, 0.15) is 11.5 Å². The van der Waals surface area contributed by atoms with Gasteiger partial charge in [-0.15, -0.1) is 0 Å².